The molecule has 2 heterocycles. The van der Waals surface area contributed by atoms with Gasteiger partial charge in [0.05, 0.1) is 16.8 Å². The van der Waals surface area contributed by atoms with Crippen LogP contribution in [0, 0.1) is 0 Å². The average Bonchev–Trinajstić information content (AvgIpc) is 3.44. The van der Waals surface area contributed by atoms with Crippen molar-refractivity contribution in [2.45, 2.75) is 24.7 Å². The SMILES string of the molecule is O=C(CSc1nc2ccccc2n1CCc1ccccc1)NCc1ccc2c(c1)OCO2. The first-order chi connectivity index (χ1) is 15.8. The molecule has 1 aliphatic heterocycles. The number of nitrogens with one attached hydrogen (secondary N) is 1. The highest BCUT2D eigenvalue weighted by Crippen LogP contribution is 2.32. The lowest BCUT2D eigenvalue weighted by Crippen LogP contribution is -2.24. The molecule has 0 saturated carbocycles. The Bertz CT molecular complexity index is 1240. The van der Waals surface area contributed by atoms with Crippen LogP contribution < -0.4 is 14.8 Å². The van der Waals surface area contributed by atoms with E-state index in [1.165, 1.54) is 17.3 Å². The third-order valence-electron chi connectivity index (χ3n) is 5.35. The maximum Gasteiger partial charge on any atom is 0.231 e. The van der Waals surface area contributed by atoms with Crippen LogP contribution in [-0.4, -0.2) is 28.0 Å². The lowest BCUT2D eigenvalue weighted by molar-refractivity contribution is -0.118. The molecule has 0 bridgehead atoms. The third kappa shape index (κ3) is 4.57. The van der Waals surface area contributed by atoms with Crippen molar-refractivity contribution in [1.82, 2.24) is 14.9 Å². The monoisotopic (exact) mass is 445 g/mol. The molecule has 0 unspecified atom stereocenters. The number of carbonyl (C=O) groups is 1. The van der Waals surface area contributed by atoms with Crippen LogP contribution in [0.3, 0.4) is 0 Å². The van der Waals surface area contributed by atoms with E-state index in [0.717, 1.165) is 46.2 Å². The number of aromatic nitrogens is 2. The lowest BCUT2D eigenvalue weighted by Gasteiger charge is -2.10. The molecule has 1 N–H and O–H groups in total. The van der Waals surface area contributed by atoms with Gasteiger partial charge in [-0.2, -0.15) is 0 Å². The summed E-state index contributed by atoms with van der Waals surface area (Å²) in [5.41, 5.74) is 4.29. The first kappa shape index (κ1) is 20.5. The van der Waals surface area contributed by atoms with Crippen LogP contribution in [0.15, 0.2) is 78.0 Å². The number of amides is 1. The molecular formula is C25H23N3O3S. The molecule has 4 aromatic rings. The highest BCUT2D eigenvalue weighted by Gasteiger charge is 2.15. The zero-order chi connectivity index (χ0) is 21.8. The Morgan fingerprint density at radius 3 is 2.69 bits per heavy atom. The fraction of sp³-hybridized carbons (Fsp3) is 0.200. The average molecular weight is 446 g/mol. The zero-order valence-corrected chi connectivity index (χ0v) is 18.3. The summed E-state index contributed by atoms with van der Waals surface area (Å²) >= 11 is 1.47. The Kier molecular flexibility index (Phi) is 5.98. The van der Waals surface area contributed by atoms with E-state index in [9.17, 15) is 4.79 Å². The summed E-state index contributed by atoms with van der Waals surface area (Å²) in [5, 5.41) is 3.84. The highest BCUT2D eigenvalue weighted by molar-refractivity contribution is 7.99. The number of benzene rings is 3. The van der Waals surface area contributed by atoms with Gasteiger partial charge in [0.2, 0.25) is 12.7 Å². The van der Waals surface area contributed by atoms with Crippen molar-refractivity contribution in [3.05, 3.63) is 83.9 Å². The molecule has 3 aromatic carbocycles. The molecule has 0 radical (unpaired) electrons. The molecule has 1 aromatic heterocycles. The van der Waals surface area contributed by atoms with Gasteiger partial charge in [0.15, 0.2) is 16.7 Å². The second-order valence-corrected chi connectivity index (χ2v) is 8.47. The van der Waals surface area contributed by atoms with Gasteiger partial charge < -0.3 is 19.4 Å². The number of hydrogen-bond donors (Lipinski definition) is 1. The van der Waals surface area contributed by atoms with Gasteiger partial charge in [-0.3, -0.25) is 4.79 Å². The summed E-state index contributed by atoms with van der Waals surface area (Å²) < 4.78 is 12.9. The number of para-hydroxylation sites is 2. The Balaban J connectivity index is 1.23. The van der Waals surface area contributed by atoms with Crippen molar-refractivity contribution >= 4 is 28.7 Å². The molecule has 6 nitrogen and oxygen atoms in total. The van der Waals surface area contributed by atoms with E-state index in [2.05, 4.69) is 40.2 Å². The maximum absolute atomic E-state index is 12.5. The molecule has 0 spiro atoms. The van der Waals surface area contributed by atoms with Gasteiger partial charge in [0.1, 0.15) is 0 Å². The van der Waals surface area contributed by atoms with E-state index >= 15 is 0 Å². The van der Waals surface area contributed by atoms with E-state index in [1.807, 2.05) is 42.5 Å². The number of hydrogen-bond acceptors (Lipinski definition) is 5. The van der Waals surface area contributed by atoms with Crippen LogP contribution in [0.25, 0.3) is 11.0 Å². The van der Waals surface area contributed by atoms with Gasteiger partial charge in [0.25, 0.3) is 0 Å². The van der Waals surface area contributed by atoms with Gasteiger partial charge in [0, 0.05) is 13.1 Å². The minimum atomic E-state index is -0.0330. The van der Waals surface area contributed by atoms with Gasteiger partial charge in [-0.05, 0) is 41.8 Å². The summed E-state index contributed by atoms with van der Waals surface area (Å²) in [4.78, 5) is 17.3. The minimum absolute atomic E-state index is 0.0330. The topological polar surface area (TPSA) is 65.4 Å². The number of aryl methyl sites for hydroxylation is 2. The van der Waals surface area contributed by atoms with Gasteiger partial charge >= 0.3 is 0 Å². The predicted molar refractivity (Wildman–Crippen MR) is 125 cm³/mol. The van der Waals surface area contributed by atoms with Gasteiger partial charge in [-0.15, -0.1) is 0 Å². The second kappa shape index (κ2) is 9.36. The Morgan fingerprint density at radius 2 is 1.78 bits per heavy atom. The van der Waals surface area contributed by atoms with Gasteiger partial charge in [-0.1, -0.05) is 60.3 Å². The van der Waals surface area contributed by atoms with Crippen molar-refractivity contribution in [3.8, 4) is 11.5 Å². The van der Waals surface area contributed by atoms with Crippen LogP contribution in [0.5, 0.6) is 11.5 Å². The molecule has 1 amide bonds. The summed E-state index contributed by atoms with van der Waals surface area (Å²) in [7, 11) is 0. The molecule has 1 aliphatic rings. The quantitative estimate of drug-likeness (QED) is 0.407. The fourth-order valence-electron chi connectivity index (χ4n) is 3.70. The van der Waals surface area contributed by atoms with Crippen molar-refractivity contribution < 1.29 is 14.3 Å². The van der Waals surface area contributed by atoms with Crippen molar-refractivity contribution in [3.63, 3.8) is 0 Å². The Morgan fingerprint density at radius 1 is 0.969 bits per heavy atom. The number of carbonyl (C=O) groups excluding carboxylic acids is 1. The highest BCUT2D eigenvalue weighted by atomic mass is 32.2. The Labute approximate surface area is 190 Å². The van der Waals surface area contributed by atoms with Crippen LogP contribution in [0.2, 0.25) is 0 Å². The molecule has 5 rings (SSSR count). The Hall–Kier alpha value is -3.45. The van der Waals surface area contributed by atoms with Crippen LogP contribution in [0.1, 0.15) is 11.1 Å². The molecule has 7 heteroatoms. The van der Waals surface area contributed by atoms with E-state index < -0.39 is 0 Å². The molecule has 0 atom stereocenters. The van der Waals surface area contributed by atoms with Crippen molar-refractivity contribution in [2.24, 2.45) is 0 Å². The van der Waals surface area contributed by atoms with E-state index in [1.54, 1.807) is 0 Å². The normalized spacial score (nSPS) is 12.2. The summed E-state index contributed by atoms with van der Waals surface area (Å²) in [5.74, 6) is 1.73. The van der Waals surface area contributed by atoms with Crippen molar-refractivity contribution in [1.29, 1.82) is 0 Å². The number of fused-ring (bicyclic) bond motifs is 2. The van der Waals surface area contributed by atoms with Crippen LogP contribution in [0.4, 0.5) is 0 Å². The molecule has 162 valence electrons. The largest absolute Gasteiger partial charge is 0.454 e. The molecular weight excluding hydrogens is 422 g/mol. The fourth-order valence-corrected chi connectivity index (χ4v) is 4.57. The molecule has 0 saturated heterocycles. The molecule has 0 fully saturated rings. The maximum atomic E-state index is 12.5. The smallest absolute Gasteiger partial charge is 0.231 e. The zero-order valence-electron chi connectivity index (χ0n) is 17.5. The first-order valence-corrected chi connectivity index (χ1v) is 11.5. The van der Waals surface area contributed by atoms with E-state index in [4.69, 9.17) is 14.5 Å². The van der Waals surface area contributed by atoms with Gasteiger partial charge in [-0.25, -0.2) is 4.98 Å². The number of thioether (sulfide) groups is 1. The van der Waals surface area contributed by atoms with Crippen molar-refractivity contribution in [2.75, 3.05) is 12.5 Å². The number of imidazole rings is 1. The summed E-state index contributed by atoms with van der Waals surface area (Å²) in [6.45, 7) is 1.50. The van der Waals surface area contributed by atoms with E-state index in [0.29, 0.717) is 12.3 Å². The van der Waals surface area contributed by atoms with E-state index in [-0.39, 0.29) is 12.7 Å². The lowest BCUT2D eigenvalue weighted by atomic mass is 10.1. The standard InChI is InChI=1S/C25H23N3O3S/c29-24(26-15-19-10-11-22-23(14-19)31-17-30-22)16-32-25-27-20-8-4-5-9-21(20)28(25)13-12-18-6-2-1-3-7-18/h1-11,14H,12-13,15-17H2,(H,26,29). The number of rotatable bonds is 8. The molecule has 0 aliphatic carbocycles. The molecule has 32 heavy (non-hydrogen) atoms. The van der Waals surface area contributed by atoms with Crippen LogP contribution in [-0.2, 0) is 24.3 Å². The predicted octanol–water partition coefficient (Wildman–Crippen LogP) is 4.42. The number of ether oxygens (including phenoxy) is 2. The minimum Gasteiger partial charge on any atom is -0.454 e. The first-order valence-electron chi connectivity index (χ1n) is 10.5. The number of nitrogens with zero attached hydrogens (tertiary/aromatic N) is 2. The summed E-state index contributed by atoms with van der Waals surface area (Å²) in [6.07, 6.45) is 0.908. The summed E-state index contributed by atoms with van der Waals surface area (Å²) in [6, 6.07) is 24.2. The van der Waals surface area contributed by atoms with Crippen LogP contribution >= 0.6 is 11.8 Å². The second-order valence-electron chi connectivity index (χ2n) is 7.52. The third-order valence-corrected chi connectivity index (χ3v) is 6.32.